The standard InChI is InChI=1S/C36H58O10/c1-20(10-9-11-21(2)31(43)44-8)22(37)14-17-35(6)27(40)13-12-24-34(5)16-15-26(39)33(3,4)25(34)18-28(36(24,35)7)46-32-30(42)29(41)23(38)19-45-32/h11,20,23-26,28-30,32,38-39,41-42H,9-10,12-19H2,1-8H3/b21-11-/t20-,23+,24+,25-,26+,28+,29-,30+,32-,34+,35+,36-/m0/s1. The van der Waals surface area contributed by atoms with E-state index in [9.17, 15) is 34.8 Å². The van der Waals surface area contributed by atoms with Crippen LogP contribution in [0.1, 0.15) is 106 Å². The Hall–Kier alpha value is -1.69. The van der Waals surface area contributed by atoms with Gasteiger partial charge in [0.2, 0.25) is 0 Å². The molecule has 10 nitrogen and oxygen atoms in total. The van der Waals surface area contributed by atoms with E-state index in [0.29, 0.717) is 50.5 Å². The molecule has 1 heterocycles. The van der Waals surface area contributed by atoms with Gasteiger partial charge in [-0.2, -0.15) is 0 Å². The first-order valence-electron chi connectivity index (χ1n) is 17.2. The number of ether oxygens (including phenoxy) is 3. The molecule has 0 radical (unpaired) electrons. The average molecular weight is 651 g/mol. The van der Waals surface area contributed by atoms with Gasteiger partial charge in [-0.05, 0) is 74.5 Å². The van der Waals surface area contributed by atoms with Crippen LogP contribution in [-0.4, -0.2) is 88.5 Å². The Morgan fingerprint density at radius 3 is 2.37 bits per heavy atom. The summed E-state index contributed by atoms with van der Waals surface area (Å²) in [5.41, 5.74) is -1.81. The zero-order chi connectivity index (χ0) is 34.4. The lowest BCUT2D eigenvalue weighted by Gasteiger charge is -2.70. The lowest BCUT2D eigenvalue weighted by atomic mass is 9.35. The monoisotopic (exact) mass is 650 g/mol. The smallest absolute Gasteiger partial charge is 0.333 e. The molecular formula is C36H58O10. The normalized spacial score (nSPS) is 43.3. The summed E-state index contributed by atoms with van der Waals surface area (Å²) < 4.78 is 17.1. The molecule has 46 heavy (non-hydrogen) atoms. The number of allylic oxidation sites excluding steroid dienone is 1. The first kappa shape index (κ1) is 37.1. The number of rotatable bonds is 10. The highest BCUT2D eigenvalue weighted by atomic mass is 16.7. The van der Waals surface area contributed by atoms with Crippen molar-refractivity contribution in [1.82, 2.24) is 0 Å². The fraction of sp³-hybridized carbons (Fsp3) is 0.861. The van der Waals surface area contributed by atoms with Crippen LogP contribution < -0.4 is 0 Å². The molecule has 1 aliphatic heterocycles. The van der Waals surface area contributed by atoms with E-state index < -0.39 is 59.0 Å². The summed E-state index contributed by atoms with van der Waals surface area (Å²) in [7, 11) is 1.34. The number of esters is 1. The van der Waals surface area contributed by atoms with Crippen molar-refractivity contribution in [1.29, 1.82) is 0 Å². The van der Waals surface area contributed by atoms with Crippen LogP contribution in [0.2, 0.25) is 0 Å². The van der Waals surface area contributed by atoms with Crippen LogP contribution in [0.3, 0.4) is 0 Å². The van der Waals surface area contributed by atoms with Gasteiger partial charge in [0.25, 0.3) is 0 Å². The average Bonchev–Trinajstić information content (AvgIpc) is 3.01. The van der Waals surface area contributed by atoms with Crippen LogP contribution in [0.15, 0.2) is 11.6 Å². The maximum absolute atomic E-state index is 14.1. The Balaban J connectivity index is 1.65. The Morgan fingerprint density at radius 1 is 1.04 bits per heavy atom. The predicted molar refractivity (Wildman–Crippen MR) is 170 cm³/mol. The van der Waals surface area contributed by atoms with Crippen molar-refractivity contribution in [2.75, 3.05) is 13.7 Å². The molecule has 10 heteroatoms. The number of carbonyl (C=O) groups is 3. The molecule has 0 aromatic carbocycles. The second-order valence-corrected chi connectivity index (χ2v) is 16.0. The van der Waals surface area contributed by atoms with E-state index in [-0.39, 0.29) is 47.8 Å². The Bertz CT molecular complexity index is 1180. The number of carbonyl (C=O) groups excluding carboxylic acids is 3. The van der Waals surface area contributed by atoms with Crippen LogP contribution in [0.25, 0.3) is 0 Å². The van der Waals surface area contributed by atoms with E-state index in [0.717, 1.165) is 6.42 Å². The number of fused-ring (bicyclic) bond motifs is 3. The van der Waals surface area contributed by atoms with Crippen LogP contribution in [0.5, 0.6) is 0 Å². The van der Waals surface area contributed by atoms with Gasteiger partial charge in [0, 0.05) is 35.2 Å². The second kappa shape index (κ2) is 13.7. The van der Waals surface area contributed by atoms with Gasteiger partial charge in [-0.25, -0.2) is 4.79 Å². The summed E-state index contributed by atoms with van der Waals surface area (Å²) in [6, 6.07) is 0. The topological polar surface area (TPSA) is 160 Å². The quantitative estimate of drug-likeness (QED) is 0.155. The van der Waals surface area contributed by atoms with Crippen molar-refractivity contribution >= 4 is 17.5 Å². The van der Waals surface area contributed by atoms with Crippen LogP contribution in [0.4, 0.5) is 0 Å². The van der Waals surface area contributed by atoms with Gasteiger partial charge >= 0.3 is 5.97 Å². The molecule has 4 aliphatic rings. The van der Waals surface area contributed by atoms with E-state index in [1.165, 1.54) is 7.11 Å². The molecule has 262 valence electrons. The third-order valence-corrected chi connectivity index (χ3v) is 13.3. The molecule has 0 unspecified atom stereocenters. The highest BCUT2D eigenvalue weighted by molar-refractivity contribution is 5.88. The zero-order valence-electron chi connectivity index (χ0n) is 29.1. The molecule has 0 aromatic heterocycles. The third kappa shape index (κ3) is 6.27. The second-order valence-electron chi connectivity index (χ2n) is 16.0. The van der Waals surface area contributed by atoms with Crippen molar-refractivity contribution in [3.8, 4) is 0 Å². The molecular weight excluding hydrogens is 592 g/mol. The van der Waals surface area contributed by atoms with Gasteiger partial charge < -0.3 is 34.6 Å². The highest BCUT2D eigenvalue weighted by Gasteiger charge is 2.70. The van der Waals surface area contributed by atoms with Crippen molar-refractivity contribution in [2.45, 2.75) is 143 Å². The first-order valence-corrected chi connectivity index (χ1v) is 17.2. The van der Waals surface area contributed by atoms with Gasteiger partial charge in [0.15, 0.2) is 6.29 Å². The Morgan fingerprint density at radius 2 is 1.72 bits per heavy atom. The molecule has 12 atom stereocenters. The minimum absolute atomic E-state index is 0.0217. The SMILES string of the molecule is COC(=O)/C(C)=C\CC[C@H](C)C(=O)CC[C@]1(C)C(=O)CC[C@@H]2[C@@]3(C)CC[C@@H](O)C(C)(C)[C@@H]3C[C@@H](O[C@@H]3OC[C@@H](O)[C@H](O)[C@H]3O)[C@]21C. The summed E-state index contributed by atoms with van der Waals surface area (Å²) in [5, 5.41) is 42.6. The van der Waals surface area contributed by atoms with Gasteiger partial charge in [-0.1, -0.05) is 47.6 Å². The van der Waals surface area contributed by atoms with Crippen molar-refractivity contribution < 1.29 is 49.0 Å². The molecule has 4 N–H and O–H groups in total. The maximum atomic E-state index is 14.1. The number of hydrogen-bond acceptors (Lipinski definition) is 10. The molecule has 0 aromatic rings. The van der Waals surface area contributed by atoms with E-state index in [4.69, 9.17) is 14.2 Å². The molecule has 0 spiro atoms. The first-order chi connectivity index (χ1) is 21.4. The number of ketones is 2. The fourth-order valence-electron chi connectivity index (χ4n) is 9.90. The highest BCUT2D eigenvalue weighted by Crippen LogP contribution is 2.71. The summed E-state index contributed by atoms with van der Waals surface area (Å²) in [6.07, 6.45) is 0.0866. The van der Waals surface area contributed by atoms with Crippen molar-refractivity contribution in [3.63, 3.8) is 0 Å². The van der Waals surface area contributed by atoms with Gasteiger partial charge in [0.05, 0.1) is 25.9 Å². The molecule has 1 saturated heterocycles. The van der Waals surface area contributed by atoms with E-state index in [1.54, 1.807) is 13.0 Å². The maximum Gasteiger partial charge on any atom is 0.333 e. The van der Waals surface area contributed by atoms with Gasteiger partial charge in [-0.3, -0.25) is 9.59 Å². The summed E-state index contributed by atoms with van der Waals surface area (Å²) in [5.74, 6) is -0.427. The number of Topliss-reactive ketones (excluding diaryl/α,β-unsaturated/α-hetero) is 2. The van der Waals surface area contributed by atoms with E-state index >= 15 is 0 Å². The molecule has 0 amide bonds. The lowest BCUT2D eigenvalue weighted by Crippen LogP contribution is -2.70. The minimum Gasteiger partial charge on any atom is -0.466 e. The number of methoxy groups -OCH3 is 1. The van der Waals surface area contributed by atoms with Gasteiger partial charge in [0.1, 0.15) is 29.9 Å². The van der Waals surface area contributed by atoms with Crippen molar-refractivity contribution in [3.05, 3.63) is 11.6 Å². The third-order valence-electron chi connectivity index (χ3n) is 13.3. The van der Waals surface area contributed by atoms with Gasteiger partial charge in [-0.15, -0.1) is 0 Å². The van der Waals surface area contributed by atoms with E-state index in [1.807, 2.05) is 13.8 Å². The Labute approximate surface area is 274 Å². The van der Waals surface area contributed by atoms with Crippen LogP contribution >= 0.6 is 0 Å². The van der Waals surface area contributed by atoms with Crippen LogP contribution in [-0.2, 0) is 28.6 Å². The van der Waals surface area contributed by atoms with Crippen molar-refractivity contribution in [2.24, 2.45) is 39.4 Å². The lowest BCUT2D eigenvalue weighted by molar-refractivity contribution is -0.327. The Kier molecular flexibility index (Phi) is 11.0. The molecule has 3 aliphatic carbocycles. The number of hydrogen-bond donors (Lipinski definition) is 4. The zero-order valence-corrected chi connectivity index (χ0v) is 29.1. The molecule has 4 fully saturated rings. The summed E-state index contributed by atoms with van der Waals surface area (Å²) >= 11 is 0. The number of aliphatic hydroxyl groups excluding tert-OH is 4. The summed E-state index contributed by atoms with van der Waals surface area (Å²) in [6.45, 7) is 13.9. The van der Waals surface area contributed by atoms with Crippen LogP contribution in [0, 0.1) is 39.4 Å². The van der Waals surface area contributed by atoms with E-state index in [2.05, 4.69) is 27.7 Å². The number of aliphatic hydroxyl groups is 4. The molecule has 4 rings (SSSR count). The minimum atomic E-state index is -1.48. The fourth-order valence-corrected chi connectivity index (χ4v) is 9.90. The summed E-state index contributed by atoms with van der Waals surface area (Å²) in [4.78, 5) is 39.3. The predicted octanol–water partition coefficient (Wildman–Crippen LogP) is 3.89. The molecule has 0 bridgehead atoms. The largest absolute Gasteiger partial charge is 0.466 e. The molecule has 3 saturated carbocycles.